The number of hydrogen-bond acceptors (Lipinski definition) is 4. The number of anilines is 1. The molecule has 0 saturated heterocycles. The molecule has 1 aliphatic carbocycles. The van der Waals surface area contributed by atoms with Crippen molar-refractivity contribution < 1.29 is 9.66 Å². The van der Waals surface area contributed by atoms with Gasteiger partial charge < -0.3 is 10.1 Å². The quantitative estimate of drug-likeness (QED) is 0.632. The third-order valence-electron chi connectivity index (χ3n) is 4.07. The summed E-state index contributed by atoms with van der Waals surface area (Å²) in [7, 11) is 0. The highest BCUT2D eigenvalue weighted by atomic mass is 16.6. The van der Waals surface area contributed by atoms with Crippen LogP contribution in [0.15, 0.2) is 18.2 Å². The van der Waals surface area contributed by atoms with Gasteiger partial charge in [0, 0.05) is 12.6 Å². The number of ether oxygens (including phenoxy) is 1. The van der Waals surface area contributed by atoms with Gasteiger partial charge in [0.15, 0.2) is 0 Å². The van der Waals surface area contributed by atoms with Crippen LogP contribution in [0.3, 0.4) is 0 Å². The summed E-state index contributed by atoms with van der Waals surface area (Å²) in [5, 5.41) is 14.0. The summed E-state index contributed by atoms with van der Waals surface area (Å²) < 4.78 is 5.95. The lowest BCUT2D eigenvalue weighted by molar-refractivity contribution is -0.384. The summed E-state index contributed by atoms with van der Waals surface area (Å²) >= 11 is 0. The summed E-state index contributed by atoms with van der Waals surface area (Å²) in [6, 6.07) is 5.16. The van der Waals surface area contributed by atoms with E-state index < -0.39 is 0 Å². The molecule has 0 spiro atoms. The second kappa shape index (κ2) is 7.41. The van der Waals surface area contributed by atoms with Crippen molar-refractivity contribution in [1.29, 1.82) is 0 Å². The second-order valence-corrected chi connectivity index (χ2v) is 5.83. The molecule has 1 N–H and O–H groups in total. The predicted molar refractivity (Wildman–Crippen MR) is 83.5 cm³/mol. The molecule has 1 aromatic rings. The van der Waals surface area contributed by atoms with Crippen molar-refractivity contribution in [3.8, 4) is 0 Å². The lowest BCUT2D eigenvalue weighted by Gasteiger charge is -2.26. The monoisotopic (exact) mass is 292 g/mol. The van der Waals surface area contributed by atoms with Crippen LogP contribution < -0.4 is 5.32 Å². The maximum absolute atomic E-state index is 11.0. The van der Waals surface area contributed by atoms with E-state index in [1.807, 2.05) is 13.0 Å². The van der Waals surface area contributed by atoms with Gasteiger partial charge >= 0.3 is 0 Å². The zero-order valence-corrected chi connectivity index (χ0v) is 12.8. The lowest BCUT2D eigenvalue weighted by atomic mass is 9.89. The van der Waals surface area contributed by atoms with E-state index in [1.165, 1.54) is 12.8 Å². The van der Waals surface area contributed by atoms with Gasteiger partial charge in [-0.3, -0.25) is 10.1 Å². The van der Waals surface area contributed by atoms with Gasteiger partial charge in [0.05, 0.1) is 17.6 Å². The minimum absolute atomic E-state index is 0.118. The molecule has 5 heteroatoms. The van der Waals surface area contributed by atoms with Crippen molar-refractivity contribution in [3.63, 3.8) is 0 Å². The Hall–Kier alpha value is -1.62. The van der Waals surface area contributed by atoms with Crippen LogP contribution in [-0.4, -0.2) is 17.6 Å². The molecule has 0 amide bonds. The van der Waals surface area contributed by atoms with Crippen LogP contribution >= 0.6 is 0 Å². The van der Waals surface area contributed by atoms with Gasteiger partial charge in [-0.2, -0.15) is 0 Å². The molecule has 1 saturated carbocycles. The van der Waals surface area contributed by atoms with Gasteiger partial charge in [-0.05, 0) is 56.2 Å². The van der Waals surface area contributed by atoms with Crippen molar-refractivity contribution >= 4 is 11.4 Å². The van der Waals surface area contributed by atoms with E-state index in [9.17, 15) is 10.1 Å². The van der Waals surface area contributed by atoms with Crippen molar-refractivity contribution in [2.75, 3.05) is 11.9 Å². The molecule has 0 aromatic heterocycles. The van der Waals surface area contributed by atoms with E-state index in [1.54, 1.807) is 12.1 Å². The molecule has 116 valence electrons. The number of nitrogens with one attached hydrogen (secondary N) is 1. The molecule has 0 radical (unpaired) electrons. The van der Waals surface area contributed by atoms with E-state index in [2.05, 4.69) is 12.2 Å². The van der Waals surface area contributed by atoms with Gasteiger partial charge in [0.25, 0.3) is 5.69 Å². The molecule has 0 atom stereocenters. The molecule has 5 nitrogen and oxygen atoms in total. The first-order valence-corrected chi connectivity index (χ1v) is 7.73. The first-order chi connectivity index (χ1) is 10.1. The molecule has 0 unspecified atom stereocenters. The Morgan fingerprint density at radius 3 is 2.67 bits per heavy atom. The highest BCUT2D eigenvalue weighted by molar-refractivity contribution is 5.62. The van der Waals surface area contributed by atoms with Crippen LogP contribution in [0.2, 0.25) is 0 Å². The van der Waals surface area contributed by atoms with E-state index >= 15 is 0 Å². The van der Waals surface area contributed by atoms with Crippen LogP contribution in [0.1, 0.15) is 45.1 Å². The fourth-order valence-electron chi connectivity index (χ4n) is 2.77. The zero-order chi connectivity index (χ0) is 15.2. The smallest absolute Gasteiger partial charge is 0.292 e. The molecule has 0 bridgehead atoms. The summed E-state index contributed by atoms with van der Waals surface area (Å²) in [6.45, 7) is 5.40. The van der Waals surface area contributed by atoms with E-state index in [0.29, 0.717) is 24.9 Å². The third kappa shape index (κ3) is 4.43. The van der Waals surface area contributed by atoms with Gasteiger partial charge in [-0.15, -0.1) is 0 Å². The highest BCUT2D eigenvalue weighted by Crippen LogP contribution is 2.28. The van der Waals surface area contributed by atoms with Crippen LogP contribution in [-0.2, 0) is 11.3 Å². The Labute approximate surface area is 125 Å². The molecule has 21 heavy (non-hydrogen) atoms. The van der Waals surface area contributed by atoms with Gasteiger partial charge in [-0.25, -0.2) is 0 Å². The van der Waals surface area contributed by atoms with Gasteiger partial charge in [0.1, 0.15) is 5.69 Å². The van der Waals surface area contributed by atoms with Gasteiger partial charge in [0.2, 0.25) is 0 Å². The van der Waals surface area contributed by atoms with Crippen LogP contribution in [0.5, 0.6) is 0 Å². The van der Waals surface area contributed by atoms with Crippen molar-refractivity contribution in [2.45, 2.75) is 52.2 Å². The molecule has 0 aliphatic heterocycles. The maximum Gasteiger partial charge on any atom is 0.292 e. The molecule has 1 aromatic carbocycles. The van der Waals surface area contributed by atoms with E-state index in [0.717, 1.165) is 24.3 Å². The Kier molecular flexibility index (Phi) is 5.56. The average Bonchev–Trinajstić information content (AvgIpc) is 2.47. The number of rotatable bonds is 6. The Balaban J connectivity index is 1.97. The first kappa shape index (κ1) is 15.8. The van der Waals surface area contributed by atoms with Crippen LogP contribution in [0.25, 0.3) is 0 Å². The average molecular weight is 292 g/mol. The summed E-state index contributed by atoms with van der Waals surface area (Å²) in [4.78, 5) is 10.6. The zero-order valence-electron chi connectivity index (χ0n) is 12.8. The number of benzene rings is 1. The molecule has 1 aliphatic rings. The Morgan fingerprint density at radius 2 is 2.05 bits per heavy atom. The molecule has 1 fully saturated rings. The molecule has 2 rings (SSSR count). The Morgan fingerprint density at radius 1 is 1.33 bits per heavy atom. The standard InChI is InChI=1S/C16H24N2O3/c1-3-17-15-10-13(6-9-16(15)18(19)20)11-21-14-7-4-12(2)5-8-14/h6,9-10,12,14,17H,3-5,7-8,11H2,1-2H3. The van der Waals surface area contributed by atoms with Crippen LogP contribution in [0.4, 0.5) is 11.4 Å². The lowest BCUT2D eigenvalue weighted by Crippen LogP contribution is -2.20. The van der Waals surface area contributed by atoms with Gasteiger partial charge in [-0.1, -0.05) is 6.92 Å². The number of nitrogens with zero attached hydrogens (tertiary/aromatic N) is 1. The fourth-order valence-corrected chi connectivity index (χ4v) is 2.77. The SMILES string of the molecule is CCNc1cc(COC2CCC(C)CC2)ccc1[N+](=O)[O-]. The number of nitro benzene ring substituents is 1. The topological polar surface area (TPSA) is 64.4 Å². The summed E-state index contributed by atoms with van der Waals surface area (Å²) in [5.41, 5.74) is 1.67. The predicted octanol–water partition coefficient (Wildman–Crippen LogP) is 4.12. The fraction of sp³-hybridized carbons (Fsp3) is 0.625. The summed E-state index contributed by atoms with van der Waals surface area (Å²) in [5.74, 6) is 0.810. The van der Waals surface area contributed by atoms with Crippen molar-refractivity contribution in [1.82, 2.24) is 0 Å². The van der Waals surface area contributed by atoms with Crippen molar-refractivity contribution in [2.24, 2.45) is 5.92 Å². The third-order valence-corrected chi connectivity index (χ3v) is 4.07. The van der Waals surface area contributed by atoms with E-state index in [-0.39, 0.29) is 10.6 Å². The maximum atomic E-state index is 11.0. The normalized spacial score (nSPS) is 22.0. The Bertz CT molecular complexity index is 482. The molecule has 0 heterocycles. The van der Waals surface area contributed by atoms with E-state index in [4.69, 9.17) is 4.74 Å². The minimum Gasteiger partial charge on any atom is -0.380 e. The number of hydrogen-bond donors (Lipinski definition) is 1. The number of nitro groups is 1. The first-order valence-electron chi connectivity index (χ1n) is 7.73. The minimum atomic E-state index is -0.356. The molecular formula is C16H24N2O3. The highest BCUT2D eigenvalue weighted by Gasteiger charge is 2.19. The summed E-state index contributed by atoms with van der Waals surface area (Å²) in [6.07, 6.45) is 5.03. The van der Waals surface area contributed by atoms with Crippen LogP contribution in [0, 0.1) is 16.0 Å². The molecular weight excluding hydrogens is 268 g/mol. The van der Waals surface area contributed by atoms with Crippen molar-refractivity contribution in [3.05, 3.63) is 33.9 Å². The second-order valence-electron chi connectivity index (χ2n) is 5.83. The largest absolute Gasteiger partial charge is 0.380 e.